The van der Waals surface area contributed by atoms with Gasteiger partial charge in [0.15, 0.2) is 6.10 Å². The molecule has 27 heavy (non-hydrogen) atoms. The topological polar surface area (TPSA) is 93.7 Å². The Morgan fingerprint density at radius 1 is 1.22 bits per heavy atom. The molecule has 0 heterocycles. The van der Waals surface area contributed by atoms with Gasteiger partial charge in [0.05, 0.1) is 6.61 Å². The average molecular weight is 374 g/mol. The number of hydrogen-bond donors (Lipinski definition) is 2. The number of amides is 3. The van der Waals surface area contributed by atoms with Gasteiger partial charge < -0.3 is 14.8 Å². The van der Waals surface area contributed by atoms with Gasteiger partial charge in [-0.1, -0.05) is 31.0 Å². The number of carbonyl (C=O) groups is 3. The normalized spacial score (nSPS) is 15.3. The lowest BCUT2D eigenvalue weighted by Crippen LogP contribution is -2.47. The summed E-state index contributed by atoms with van der Waals surface area (Å²) in [4.78, 5) is 35.7. The molecule has 1 aromatic rings. The highest BCUT2D eigenvalue weighted by Gasteiger charge is 2.22. The van der Waals surface area contributed by atoms with Gasteiger partial charge in [-0.3, -0.25) is 10.1 Å². The molecule has 0 aliphatic heterocycles. The number of urea groups is 1. The maximum atomic E-state index is 12.0. The molecule has 1 atom stereocenters. The number of esters is 1. The first-order valence-electron chi connectivity index (χ1n) is 9.21. The van der Waals surface area contributed by atoms with Crippen LogP contribution < -0.4 is 15.4 Å². The summed E-state index contributed by atoms with van der Waals surface area (Å²) in [5.41, 5.74) is 0.726. The number of nitrogens with one attached hydrogen (secondary N) is 2. The smallest absolute Gasteiger partial charge is 0.331 e. The zero-order valence-corrected chi connectivity index (χ0v) is 15.7. The Bertz CT molecular complexity index is 695. The van der Waals surface area contributed by atoms with Gasteiger partial charge in [0.2, 0.25) is 0 Å². The van der Waals surface area contributed by atoms with E-state index in [1.807, 2.05) is 19.1 Å². The van der Waals surface area contributed by atoms with Crippen molar-refractivity contribution < 1.29 is 23.9 Å². The van der Waals surface area contributed by atoms with Crippen LogP contribution in [-0.2, 0) is 14.3 Å². The molecule has 2 rings (SSSR count). The molecular weight excluding hydrogens is 348 g/mol. The molecular formula is C20H26N2O5. The standard InChI is InChI=1S/C20H26N2O5/c1-3-26-17-11-7-4-8-15(17)12-13-18(23)27-14(2)19(24)22-20(25)21-16-9-5-6-10-16/h4,7-8,11-14,16H,3,5-6,9-10H2,1-2H3,(H2,21,22,24,25)/b13-12+/t14-/m1/s1. The van der Waals surface area contributed by atoms with Gasteiger partial charge in [-0.15, -0.1) is 0 Å². The second kappa shape index (κ2) is 10.4. The lowest BCUT2D eigenvalue weighted by Gasteiger charge is -2.15. The predicted molar refractivity (Wildman–Crippen MR) is 101 cm³/mol. The first-order valence-corrected chi connectivity index (χ1v) is 9.21. The highest BCUT2D eigenvalue weighted by Crippen LogP contribution is 2.19. The summed E-state index contributed by atoms with van der Waals surface area (Å²) in [6, 6.07) is 6.81. The largest absolute Gasteiger partial charge is 0.493 e. The summed E-state index contributed by atoms with van der Waals surface area (Å²) >= 11 is 0. The van der Waals surface area contributed by atoms with Crippen LogP contribution in [0.1, 0.15) is 45.1 Å². The lowest BCUT2D eigenvalue weighted by atomic mass is 10.2. The number of hydrogen-bond acceptors (Lipinski definition) is 5. The summed E-state index contributed by atoms with van der Waals surface area (Å²) in [5, 5.41) is 4.94. The molecule has 1 saturated carbocycles. The van der Waals surface area contributed by atoms with Crippen molar-refractivity contribution in [3.8, 4) is 5.75 Å². The first-order chi connectivity index (χ1) is 13.0. The van der Waals surface area contributed by atoms with E-state index in [9.17, 15) is 14.4 Å². The molecule has 0 unspecified atom stereocenters. The highest BCUT2D eigenvalue weighted by molar-refractivity contribution is 5.98. The Labute approximate surface area is 159 Å². The summed E-state index contributed by atoms with van der Waals surface area (Å²) in [6.07, 6.45) is 5.68. The van der Waals surface area contributed by atoms with Crippen LogP contribution in [0.4, 0.5) is 4.79 Å². The van der Waals surface area contributed by atoms with Gasteiger partial charge in [-0.2, -0.15) is 0 Å². The van der Waals surface area contributed by atoms with Crippen LogP contribution in [0.15, 0.2) is 30.3 Å². The second-order valence-electron chi connectivity index (χ2n) is 6.33. The lowest BCUT2D eigenvalue weighted by molar-refractivity contribution is -0.149. The van der Waals surface area contributed by atoms with E-state index in [-0.39, 0.29) is 6.04 Å². The van der Waals surface area contributed by atoms with E-state index in [0.29, 0.717) is 12.4 Å². The van der Waals surface area contributed by atoms with Crippen LogP contribution in [0.3, 0.4) is 0 Å². The van der Waals surface area contributed by atoms with Gasteiger partial charge in [0, 0.05) is 17.7 Å². The zero-order valence-electron chi connectivity index (χ0n) is 15.7. The fourth-order valence-corrected chi connectivity index (χ4v) is 2.84. The summed E-state index contributed by atoms with van der Waals surface area (Å²) in [7, 11) is 0. The van der Waals surface area contributed by atoms with Crippen molar-refractivity contribution in [3.05, 3.63) is 35.9 Å². The summed E-state index contributed by atoms with van der Waals surface area (Å²) < 4.78 is 10.5. The van der Waals surface area contributed by atoms with Gasteiger partial charge in [-0.25, -0.2) is 9.59 Å². The minimum Gasteiger partial charge on any atom is -0.493 e. The molecule has 1 fully saturated rings. The molecule has 1 aliphatic carbocycles. The Morgan fingerprint density at radius 2 is 1.93 bits per heavy atom. The Morgan fingerprint density at radius 3 is 2.63 bits per heavy atom. The average Bonchev–Trinajstić information content (AvgIpc) is 3.14. The third-order valence-corrected chi connectivity index (χ3v) is 4.21. The second-order valence-corrected chi connectivity index (χ2v) is 6.33. The van der Waals surface area contributed by atoms with Gasteiger partial charge in [0.25, 0.3) is 5.91 Å². The van der Waals surface area contributed by atoms with Crippen molar-refractivity contribution >= 4 is 24.0 Å². The van der Waals surface area contributed by atoms with Crippen LogP contribution in [-0.4, -0.2) is 36.7 Å². The third-order valence-electron chi connectivity index (χ3n) is 4.21. The van der Waals surface area contributed by atoms with E-state index in [4.69, 9.17) is 9.47 Å². The molecule has 1 aromatic carbocycles. The molecule has 7 nitrogen and oxygen atoms in total. The number of imide groups is 1. The molecule has 146 valence electrons. The summed E-state index contributed by atoms with van der Waals surface area (Å²) in [6.45, 7) is 3.80. The zero-order chi connectivity index (χ0) is 19.6. The summed E-state index contributed by atoms with van der Waals surface area (Å²) in [5.74, 6) is -0.694. The molecule has 0 saturated heterocycles. The predicted octanol–water partition coefficient (Wildman–Crippen LogP) is 2.80. The number of para-hydroxylation sites is 1. The number of carbonyl (C=O) groups excluding carboxylic acids is 3. The molecule has 0 aromatic heterocycles. The van der Waals surface area contributed by atoms with Crippen molar-refractivity contribution in [1.82, 2.24) is 10.6 Å². The van der Waals surface area contributed by atoms with Crippen molar-refractivity contribution in [2.45, 2.75) is 51.7 Å². The van der Waals surface area contributed by atoms with Crippen molar-refractivity contribution in [2.24, 2.45) is 0 Å². The maximum absolute atomic E-state index is 12.0. The molecule has 0 bridgehead atoms. The monoisotopic (exact) mass is 374 g/mol. The van der Waals surface area contributed by atoms with E-state index >= 15 is 0 Å². The SMILES string of the molecule is CCOc1ccccc1/C=C/C(=O)O[C@H](C)C(=O)NC(=O)NC1CCCC1. The Balaban J connectivity index is 1.81. The van der Waals surface area contributed by atoms with Crippen LogP contribution in [0.5, 0.6) is 5.75 Å². The highest BCUT2D eigenvalue weighted by atomic mass is 16.5. The first kappa shape index (κ1) is 20.5. The van der Waals surface area contributed by atoms with Gasteiger partial charge in [-0.05, 0) is 38.8 Å². The molecule has 2 N–H and O–H groups in total. The van der Waals surface area contributed by atoms with Crippen LogP contribution >= 0.6 is 0 Å². The minimum atomic E-state index is -1.08. The maximum Gasteiger partial charge on any atom is 0.331 e. The molecule has 3 amide bonds. The van der Waals surface area contributed by atoms with Crippen LogP contribution in [0, 0.1) is 0 Å². The van der Waals surface area contributed by atoms with Crippen LogP contribution in [0.25, 0.3) is 6.08 Å². The van der Waals surface area contributed by atoms with E-state index in [0.717, 1.165) is 31.2 Å². The molecule has 1 aliphatic rings. The fourth-order valence-electron chi connectivity index (χ4n) is 2.84. The minimum absolute atomic E-state index is 0.101. The Hall–Kier alpha value is -2.83. The molecule has 0 spiro atoms. The number of benzene rings is 1. The van der Waals surface area contributed by atoms with Crippen LogP contribution in [0.2, 0.25) is 0 Å². The van der Waals surface area contributed by atoms with E-state index in [1.54, 1.807) is 18.2 Å². The van der Waals surface area contributed by atoms with E-state index in [1.165, 1.54) is 13.0 Å². The molecule has 7 heteroatoms. The Kier molecular flexibility index (Phi) is 7.85. The van der Waals surface area contributed by atoms with E-state index in [2.05, 4.69) is 10.6 Å². The van der Waals surface area contributed by atoms with Crippen molar-refractivity contribution in [2.75, 3.05) is 6.61 Å². The molecule has 0 radical (unpaired) electrons. The van der Waals surface area contributed by atoms with Gasteiger partial charge in [0.1, 0.15) is 5.75 Å². The number of rotatable bonds is 7. The number of ether oxygens (including phenoxy) is 2. The van der Waals surface area contributed by atoms with E-state index < -0.39 is 24.0 Å². The van der Waals surface area contributed by atoms with Crippen molar-refractivity contribution in [3.63, 3.8) is 0 Å². The fraction of sp³-hybridized carbons (Fsp3) is 0.450. The van der Waals surface area contributed by atoms with Gasteiger partial charge >= 0.3 is 12.0 Å². The van der Waals surface area contributed by atoms with Crippen molar-refractivity contribution in [1.29, 1.82) is 0 Å². The third kappa shape index (κ3) is 6.77. The quantitative estimate of drug-likeness (QED) is 0.565.